The number of aryl methyl sites for hydroxylation is 2. The molecular weight excluding hydrogens is 270 g/mol. The minimum atomic E-state index is 0.775. The van der Waals surface area contributed by atoms with Crippen molar-refractivity contribution in [3.8, 4) is 0 Å². The Morgan fingerprint density at radius 2 is 2.30 bits per heavy atom. The Bertz CT molecular complexity index is 570. The number of nitrogens with one attached hydrogen (secondary N) is 2. The number of hydrogen-bond acceptors (Lipinski definition) is 3. The summed E-state index contributed by atoms with van der Waals surface area (Å²) in [6, 6.07) is 2.10. The molecule has 2 rings (SSSR count). The molecule has 2 heterocycles. The van der Waals surface area contributed by atoms with Crippen molar-refractivity contribution < 1.29 is 0 Å². The van der Waals surface area contributed by atoms with E-state index in [0.717, 1.165) is 30.5 Å². The third-order valence-electron chi connectivity index (χ3n) is 2.88. The average molecular weight is 291 g/mol. The summed E-state index contributed by atoms with van der Waals surface area (Å²) in [4.78, 5) is 9.82. The van der Waals surface area contributed by atoms with Crippen molar-refractivity contribution in [3.05, 3.63) is 40.1 Å². The average Bonchev–Trinajstić information content (AvgIpc) is 3.02. The largest absolute Gasteiger partial charge is 0.357 e. The Labute approximate surface area is 123 Å². The summed E-state index contributed by atoms with van der Waals surface area (Å²) in [7, 11) is 3.81. The molecule has 0 radical (unpaired) electrons. The molecule has 0 aliphatic carbocycles. The summed E-state index contributed by atoms with van der Waals surface area (Å²) in [5.74, 6) is 0.821. The van der Waals surface area contributed by atoms with Crippen LogP contribution in [0.3, 0.4) is 0 Å². The molecule has 0 aliphatic heterocycles. The second-order valence-corrected chi connectivity index (χ2v) is 5.97. The van der Waals surface area contributed by atoms with Crippen LogP contribution in [0.25, 0.3) is 0 Å². The van der Waals surface area contributed by atoms with E-state index in [2.05, 4.69) is 39.8 Å². The molecule has 2 aromatic rings. The summed E-state index contributed by atoms with van der Waals surface area (Å²) >= 11 is 1.75. The Balaban J connectivity index is 1.72. The fourth-order valence-corrected chi connectivity index (χ4v) is 2.66. The van der Waals surface area contributed by atoms with Gasteiger partial charge in [0, 0.05) is 57.1 Å². The molecule has 0 fully saturated rings. The summed E-state index contributed by atoms with van der Waals surface area (Å²) in [5.41, 5.74) is 1.24. The highest BCUT2D eigenvalue weighted by Gasteiger charge is 2.01. The van der Waals surface area contributed by atoms with Crippen LogP contribution in [-0.4, -0.2) is 29.1 Å². The van der Waals surface area contributed by atoms with Crippen molar-refractivity contribution >= 4 is 17.3 Å². The standard InChI is InChI=1S/C14H21N5S/c1-11-8-17-13(20-11)4-6-16-14(15-2)18-9-12-5-7-19(3)10-12/h5,7-8,10H,4,6,9H2,1-3H3,(H2,15,16,18). The fourth-order valence-electron chi connectivity index (χ4n) is 1.88. The quantitative estimate of drug-likeness (QED) is 0.651. The minimum Gasteiger partial charge on any atom is -0.357 e. The van der Waals surface area contributed by atoms with Crippen LogP contribution in [0.5, 0.6) is 0 Å². The first-order valence-electron chi connectivity index (χ1n) is 6.64. The summed E-state index contributed by atoms with van der Waals surface area (Å²) in [5, 5.41) is 7.76. The molecule has 0 aromatic carbocycles. The molecule has 2 aromatic heterocycles. The van der Waals surface area contributed by atoms with Gasteiger partial charge in [-0.1, -0.05) is 0 Å². The van der Waals surface area contributed by atoms with Crippen molar-refractivity contribution in [1.29, 1.82) is 0 Å². The van der Waals surface area contributed by atoms with Gasteiger partial charge in [-0.25, -0.2) is 4.98 Å². The lowest BCUT2D eigenvalue weighted by Gasteiger charge is -2.10. The first kappa shape index (κ1) is 14.6. The molecular formula is C14H21N5S. The monoisotopic (exact) mass is 291 g/mol. The predicted molar refractivity (Wildman–Crippen MR) is 84.2 cm³/mol. The number of nitrogens with zero attached hydrogens (tertiary/aromatic N) is 3. The molecule has 0 atom stereocenters. The second-order valence-electron chi connectivity index (χ2n) is 4.65. The zero-order valence-corrected chi connectivity index (χ0v) is 13.0. The molecule has 108 valence electrons. The van der Waals surface area contributed by atoms with Crippen molar-refractivity contribution in [2.45, 2.75) is 19.9 Å². The van der Waals surface area contributed by atoms with Crippen LogP contribution in [-0.2, 0) is 20.0 Å². The van der Waals surface area contributed by atoms with Gasteiger partial charge < -0.3 is 15.2 Å². The number of hydrogen-bond donors (Lipinski definition) is 2. The van der Waals surface area contributed by atoms with Gasteiger partial charge in [-0.15, -0.1) is 11.3 Å². The molecule has 0 amide bonds. The van der Waals surface area contributed by atoms with E-state index >= 15 is 0 Å². The summed E-state index contributed by atoms with van der Waals surface area (Å²) < 4.78 is 2.04. The topological polar surface area (TPSA) is 54.2 Å². The van der Waals surface area contributed by atoms with E-state index in [4.69, 9.17) is 0 Å². The molecule has 0 bridgehead atoms. The zero-order chi connectivity index (χ0) is 14.4. The van der Waals surface area contributed by atoms with Crippen LogP contribution in [0.15, 0.2) is 29.6 Å². The van der Waals surface area contributed by atoms with Gasteiger partial charge in [-0.2, -0.15) is 0 Å². The van der Waals surface area contributed by atoms with Crippen LogP contribution >= 0.6 is 11.3 Å². The number of aliphatic imine (C=N–C) groups is 1. The molecule has 0 aliphatic rings. The molecule has 6 heteroatoms. The highest BCUT2D eigenvalue weighted by molar-refractivity contribution is 7.11. The molecule has 2 N–H and O–H groups in total. The van der Waals surface area contributed by atoms with Crippen molar-refractivity contribution in [3.63, 3.8) is 0 Å². The zero-order valence-electron chi connectivity index (χ0n) is 12.2. The maximum Gasteiger partial charge on any atom is 0.191 e. The van der Waals surface area contributed by atoms with Crippen molar-refractivity contribution in [1.82, 2.24) is 20.2 Å². The Kier molecular flexibility index (Phi) is 5.17. The smallest absolute Gasteiger partial charge is 0.191 e. The maximum absolute atomic E-state index is 4.35. The van der Waals surface area contributed by atoms with Crippen LogP contribution in [0.1, 0.15) is 15.4 Å². The molecule has 20 heavy (non-hydrogen) atoms. The van der Waals surface area contributed by atoms with E-state index in [1.807, 2.05) is 24.0 Å². The summed E-state index contributed by atoms with van der Waals surface area (Å²) in [6.07, 6.45) is 6.98. The Morgan fingerprint density at radius 1 is 1.45 bits per heavy atom. The number of guanidine groups is 1. The van der Waals surface area contributed by atoms with Gasteiger partial charge in [0.05, 0.1) is 5.01 Å². The van der Waals surface area contributed by atoms with Crippen LogP contribution in [0.2, 0.25) is 0 Å². The van der Waals surface area contributed by atoms with Gasteiger partial charge in [0.25, 0.3) is 0 Å². The van der Waals surface area contributed by atoms with Crippen molar-refractivity contribution in [2.24, 2.45) is 12.0 Å². The van der Waals surface area contributed by atoms with E-state index in [1.165, 1.54) is 10.4 Å². The second kappa shape index (κ2) is 7.09. The van der Waals surface area contributed by atoms with Gasteiger partial charge in [0.15, 0.2) is 5.96 Å². The third kappa shape index (κ3) is 4.38. The van der Waals surface area contributed by atoms with E-state index in [-0.39, 0.29) is 0 Å². The highest BCUT2D eigenvalue weighted by Crippen LogP contribution is 2.10. The van der Waals surface area contributed by atoms with Crippen LogP contribution in [0, 0.1) is 6.92 Å². The van der Waals surface area contributed by atoms with Gasteiger partial charge in [0.2, 0.25) is 0 Å². The molecule has 5 nitrogen and oxygen atoms in total. The Hall–Kier alpha value is -1.82. The lowest BCUT2D eigenvalue weighted by Crippen LogP contribution is -2.37. The van der Waals surface area contributed by atoms with E-state index in [9.17, 15) is 0 Å². The number of rotatable bonds is 5. The third-order valence-corrected chi connectivity index (χ3v) is 3.85. The van der Waals surface area contributed by atoms with Gasteiger partial charge in [-0.05, 0) is 18.6 Å². The Morgan fingerprint density at radius 3 is 2.90 bits per heavy atom. The normalized spacial score (nSPS) is 11.7. The summed E-state index contributed by atoms with van der Waals surface area (Å²) in [6.45, 7) is 3.69. The number of aromatic nitrogens is 2. The molecule has 0 saturated carbocycles. The molecule has 0 unspecified atom stereocenters. The van der Waals surface area contributed by atoms with E-state index in [1.54, 1.807) is 18.4 Å². The van der Waals surface area contributed by atoms with Crippen LogP contribution < -0.4 is 10.6 Å². The van der Waals surface area contributed by atoms with Crippen molar-refractivity contribution in [2.75, 3.05) is 13.6 Å². The highest BCUT2D eigenvalue weighted by atomic mass is 32.1. The first-order valence-corrected chi connectivity index (χ1v) is 7.45. The fraction of sp³-hybridized carbons (Fsp3) is 0.429. The first-order chi connectivity index (χ1) is 9.67. The molecule has 0 spiro atoms. The lowest BCUT2D eigenvalue weighted by atomic mass is 10.3. The minimum absolute atomic E-state index is 0.775. The number of thiazole rings is 1. The lowest BCUT2D eigenvalue weighted by molar-refractivity contribution is 0.790. The predicted octanol–water partition coefficient (Wildman–Crippen LogP) is 1.70. The van der Waals surface area contributed by atoms with E-state index < -0.39 is 0 Å². The molecule has 0 saturated heterocycles. The van der Waals surface area contributed by atoms with E-state index in [0.29, 0.717) is 0 Å². The maximum atomic E-state index is 4.35. The van der Waals surface area contributed by atoms with Crippen LogP contribution in [0.4, 0.5) is 0 Å². The van der Waals surface area contributed by atoms with Gasteiger partial charge in [-0.3, -0.25) is 4.99 Å². The van der Waals surface area contributed by atoms with Gasteiger partial charge in [0.1, 0.15) is 0 Å². The van der Waals surface area contributed by atoms with Gasteiger partial charge >= 0.3 is 0 Å². The SMILES string of the molecule is CN=C(NCCc1ncc(C)s1)NCc1ccn(C)c1.